The molecule has 0 fully saturated rings. The molecule has 1 aliphatic heterocycles. The van der Waals surface area contributed by atoms with Crippen LogP contribution in [0.25, 0.3) is 0 Å². The van der Waals surface area contributed by atoms with Gasteiger partial charge < -0.3 is 5.32 Å². The lowest BCUT2D eigenvalue weighted by Gasteiger charge is -2.25. The van der Waals surface area contributed by atoms with Crippen LogP contribution in [0.2, 0.25) is 0 Å². The average Bonchev–Trinajstić information content (AvgIpc) is 3.22. The number of nitrogens with zero attached hydrogens (tertiary/aromatic N) is 2. The van der Waals surface area contributed by atoms with Gasteiger partial charge in [-0.25, -0.2) is 4.98 Å². The minimum atomic E-state index is -0.973. The quantitative estimate of drug-likeness (QED) is 0.677. The Bertz CT molecular complexity index is 1030. The van der Waals surface area contributed by atoms with Gasteiger partial charge in [0, 0.05) is 17.5 Å². The number of carbonyl (C=O) groups excluding carboxylic acids is 3. The summed E-state index contributed by atoms with van der Waals surface area (Å²) in [6.07, 6.45) is 1.89. The molecule has 1 atom stereocenters. The molecule has 0 spiro atoms. The van der Waals surface area contributed by atoms with E-state index in [1.54, 1.807) is 30.5 Å². The predicted molar refractivity (Wildman–Crippen MR) is 106 cm³/mol. The number of hydrogen-bond donors (Lipinski definition) is 1. The van der Waals surface area contributed by atoms with E-state index in [4.69, 9.17) is 0 Å². The normalized spacial score (nSPS) is 14.1. The van der Waals surface area contributed by atoms with Crippen molar-refractivity contribution in [2.75, 3.05) is 5.32 Å². The molecule has 0 saturated heterocycles. The molecule has 0 radical (unpaired) electrons. The van der Waals surface area contributed by atoms with Gasteiger partial charge in [-0.1, -0.05) is 42.5 Å². The number of thiazole rings is 1. The summed E-state index contributed by atoms with van der Waals surface area (Å²) >= 11 is 1.34. The maximum Gasteiger partial charge on any atom is 0.262 e. The monoisotopic (exact) mass is 391 g/mol. The Balaban J connectivity index is 1.68. The van der Waals surface area contributed by atoms with Crippen LogP contribution in [0.1, 0.15) is 31.2 Å². The molecule has 0 aliphatic carbocycles. The number of amides is 3. The summed E-state index contributed by atoms with van der Waals surface area (Å²) in [7, 11) is 0. The first kappa shape index (κ1) is 18.1. The molecule has 2 aromatic carbocycles. The number of fused-ring (bicyclic) bond motifs is 1. The zero-order valence-electron chi connectivity index (χ0n) is 15.1. The van der Waals surface area contributed by atoms with Gasteiger partial charge in [-0.15, -0.1) is 11.3 Å². The Kier molecular flexibility index (Phi) is 4.75. The molecule has 3 aromatic rings. The van der Waals surface area contributed by atoms with Crippen molar-refractivity contribution in [3.63, 3.8) is 0 Å². The summed E-state index contributed by atoms with van der Waals surface area (Å²) in [4.78, 5) is 45.1. The Morgan fingerprint density at radius 1 is 1.04 bits per heavy atom. The number of hydrogen-bond acceptors (Lipinski definition) is 5. The number of anilines is 1. The van der Waals surface area contributed by atoms with E-state index in [-0.39, 0.29) is 6.42 Å². The Hall–Kier alpha value is -3.32. The van der Waals surface area contributed by atoms with E-state index < -0.39 is 23.8 Å². The fourth-order valence-corrected chi connectivity index (χ4v) is 3.90. The largest absolute Gasteiger partial charge is 0.300 e. The van der Waals surface area contributed by atoms with Crippen molar-refractivity contribution >= 4 is 34.2 Å². The standard InChI is InChI=1S/C21H17N3O3S/c1-13-12-22-21(28-13)23-18(25)17(11-14-7-3-2-4-8-14)24-19(26)15-9-5-6-10-16(15)20(24)27/h2-10,12,17H,11H2,1H3,(H,22,23,25)/t17-/m1/s1. The predicted octanol–water partition coefficient (Wildman–Crippen LogP) is 3.30. The third-order valence-corrected chi connectivity index (χ3v) is 5.39. The molecule has 140 valence electrons. The van der Waals surface area contributed by atoms with Crippen molar-refractivity contribution in [1.82, 2.24) is 9.88 Å². The lowest BCUT2D eigenvalue weighted by molar-refractivity contribution is -0.119. The summed E-state index contributed by atoms with van der Waals surface area (Å²) in [5.74, 6) is -1.34. The van der Waals surface area contributed by atoms with E-state index in [0.717, 1.165) is 15.3 Å². The van der Waals surface area contributed by atoms with E-state index in [1.165, 1.54) is 11.3 Å². The highest BCUT2D eigenvalue weighted by molar-refractivity contribution is 7.15. The molecule has 28 heavy (non-hydrogen) atoms. The van der Waals surface area contributed by atoms with Gasteiger partial charge in [0.15, 0.2) is 5.13 Å². The van der Waals surface area contributed by atoms with Gasteiger partial charge in [0.25, 0.3) is 11.8 Å². The fourth-order valence-electron chi connectivity index (χ4n) is 3.23. The zero-order chi connectivity index (χ0) is 19.7. The third-order valence-electron chi connectivity index (χ3n) is 4.56. The second kappa shape index (κ2) is 7.36. The molecule has 6 nitrogen and oxygen atoms in total. The minimum Gasteiger partial charge on any atom is -0.300 e. The Morgan fingerprint density at radius 2 is 1.64 bits per heavy atom. The van der Waals surface area contributed by atoms with Crippen LogP contribution in [-0.4, -0.2) is 33.6 Å². The number of aromatic nitrogens is 1. The summed E-state index contributed by atoms with van der Waals surface area (Å²) in [6.45, 7) is 1.89. The van der Waals surface area contributed by atoms with Gasteiger partial charge in [-0.2, -0.15) is 0 Å². The van der Waals surface area contributed by atoms with E-state index in [9.17, 15) is 14.4 Å². The van der Waals surface area contributed by atoms with Crippen LogP contribution in [0.5, 0.6) is 0 Å². The molecular weight excluding hydrogens is 374 g/mol. The second-order valence-corrected chi connectivity index (χ2v) is 7.73. The first-order valence-electron chi connectivity index (χ1n) is 8.79. The van der Waals surface area contributed by atoms with Crippen molar-refractivity contribution in [2.24, 2.45) is 0 Å². The molecule has 0 bridgehead atoms. The Labute approximate surface area is 165 Å². The Morgan fingerprint density at radius 3 is 2.21 bits per heavy atom. The van der Waals surface area contributed by atoms with Crippen molar-refractivity contribution in [3.05, 3.63) is 82.4 Å². The minimum absolute atomic E-state index is 0.225. The topological polar surface area (TPSA) is 79.4 Å². The number of nitrogens with one attached hydrogen (secondary N) is 1. The van der Waals surface area contributed by atoms with Crippen LogP contribution in [-0.2, 0) is 11.2 Å². The van der Waals surface area contributed by atoms with Crippen LogP contribution in [0.15, 0.2) is 60.8 Å². The smallest absolute Gasteiger partial charge is 0.262 e. The molecule has 0 saturated carbocycles. The van der Waals surface area contributed by atoms with E-state index in [1.807, 2.05) is 37.3 Å². The second-order valence-electron chi connectivity index (χ2n) is 6.50. The lowest BCUT2D eigenvalue weighted by Crippen LogP contribution is -2.48. The fraction of sp³-hybridized carbons (Fsp3) is 0.143. The van der Waals surface area contributed by atoms with E-state index in [0.29, 0.717) is 16.3 Å². The highest BCUT2D eigenvalue weighted by Gasteiger charge is 2.42. The van der Waals surface area contributed by atoms with Gasteiger partial charge in [0.2, 0.25) is 5.91 Å². The molecular formula is C21H17N3O3S. The number of imide groups is 1. The van der Waals surface area contributed by atoms with E-state index >= 15 is 0 Å². The molecule has 4 rings (SSSR count). The van der Waals surface area contributed by atoms with Crippen LogP contribution in [0.4, 0.5) is 5.13 Å². The SMILES string of the molecule is Cc1cnc(NC(=O)[C@@H](Cc2ccccc2)N2C(=O)c3ccccc3C2=O)s1. The van der Waals surface area contributed by atoms with Gasteiger partial charge in [-0.3, -0.25) is 19.3 Å². The summed E-state index contributed by atoms with van der Waals surface area (Å²) in [5, 5.41) is 3.19. The van der Waals surface area contributed by atoms with Crippen LogP contribution >= 0.6 is 11.3 Å². The van der Waals surface area contributed by atoms with Crippen molar-refractivity contribution in [3.8, 4) is 0 Å². The third kappa shape index (κ3) is 3.32. The number of benzene rings is 2. The maximum atomic E-state index is 13.1. The molecule has 1 aromatic heterocycles. The van der Waals surface area contributed by atoms with Crippen molar-refractivity contribution in [1.29, 1.82) is 0 Å². The summed E-state index contributed by atoms with van der Waals surface area (Å²) in [6, 6.07) is 15.0. The number of rotatable bonds is 5. The van der Waals surface area contributed by atoms with E-state index in [2.05, 4.69) is 10.3 Å². The maximum absolute atomic E-state index is 13.1. The van der Waals surface area contributed by atoms with Gasteiger partial charge in [0.1, 0.15) is 6.04 Å². The van der Waals surface area contributed by atoms with Crippen LogP contribution in [0, 0.1) is 6.92 Å². The van der Waals surface area contributed by atoms with Gasteiger partial charge in [0.05, 0.1) is 11.1 Å². The molecule has 1 N–H and O–H groups in total. The number of aryl methyl sites for hydroxylation is 1. The molecule has 7 heteroatoms. The highest BCUT2D eigenvalue weighted by atomic mass is 32.1. The van der Waals surface area contributed by atoms with Crippen LogP contribution in [0.3, 0.4) is 0 Å². The molecule has 0 unspecified atom stereocenters. The van der Waals surface area contributed by atoms with Crippen molar-refractivity contribution < 1.29 is 14.4 Å². The van der Waals surface area contributed by atoms with Gasteiger partial charge >= 0.3 is 0 Å². The lowest BCUT2D eigenvalue weighted by atomic mass is 10.0. The first-order chi connectivity index (χ1) is 13.5. The molecule has 3 amide bonds. The highest BCUT2D eigenvalue weighted by Crippen LogP contribution is 2.27. The zero-order valence-corrected chi connectivity index (χ0v) is 15.9. The summed E-state index contributed by atoms with van der Waals surface area (Å²) < 4.78 is 0. The van der Waals surface area contributed by atoms with Crippen LogP contribution < -0.4 is 5.32 Å². The number of carbonyl (C=O) groups is 3. The molecule has 1 aliphatic rings. The summed E-state index contributed by atoms with van der Waals surface area (Å²) in [5.41, 5.74) is 1.50. The van der Waals surface area contributed by atoms with Crippen molar-refractivity contribution in [2.45, 2.75) is 19.4 Å². The average molecular weight is 391 g/mol. The molecule has 2 heterocycles. The van der Waals surface area contributed by atoms with Gasteiger partial charge in [-0.05, 0) is 24.6 Å². The first-order valence-corrected chi connectivity index (χ1v) is 9.60.